The maximum atomic E-state index is 11.4. The molecule has 0 spiro atoms. The molecule has 0 saturated carbocycles. The van der Waals surface area contributed by atoms with Gasteiger partial charge in [0.25, 0.3) is 0 Å². The smallest absolute Gasteiger partial charge is 0.327 e. The Balaban J connectivity index is 2.68. The minimum Gasteiger partial charge on any atom is -0.480 e. The number of hydrogen-bond acceptors (Lipinski definition) is 4. The van der Waals surface area contributed by atoms with Gasteiger partial charge in [-0.3, -0.25) is 4.79 Å². The Hall–Kier alpha value is -0.360. The summed E-state index contributed by atoms with van der Waals surface area (Å²) in [5.74, 6) is -0.212. The third-order valence-electron chi connectivity index (χ3n) is 1.81. The minimum atomic E-state index is -0.938. The van der Waals surface area contributed by atoms with Crippen molar-refractivity contribution in [2.24, 2.45) is 0 Å². The lowest BCUT2D eigenvalue weighted by atomic mass is 10.3. The van der Waals surface area contributed by atoms with Crippen molar-refractivity contribution in [2.75, 3.05) is 11.6 Å². The molecule has 74 valence electrons. The molecule has 0 radical (unpaired) electrons. The second kappa shape index (κ2) is 4.23. The normalized spacial score (nSPS) is 24.5. The summed E-state index contributed by atoms with van der Waals surface area (Å²) in [6, 6.07) is -0.674. The third-order valence-corrected chi connectivity index (χ3v) is 3.04. The Bertz CT molecular complexity index is 232. The number of carboxylic acids is 1. The van der Waals surface area contributed by atoms with Crippen LogP contribution in [0.2, 0.25) is 0 Å². The van der Waals surface area contributed by atoms with E-state index in [2.05, 4.69) is 12.6 Å². The van der Waals surface area contributed by atoms with Crippen LogP contribution in [0.1, 0.15) is 6.92 Å². The van der Waals surface area contributed by atoms with Crippen LogP contribution in [0.3, 0.4) is 0 Å². The highest BCUT2D eigenvalue weighted by atomic mass is 32.2. The summed E-state index contributed by atoms with van der Waals surface area (Å²) in [4.78, 5) is 23.5. The molecular weight excluding hydrogens is 210 g/mol. The number of hydrogen-bond donors (Lipinski definition) is 2. The fraction of sp³-hybridized carbons (Fsp3) is 0.714. The maximum absolute atomic E-state index is 11.4. The molecule has 13 heavy (non-hydrogen) atoms. The van der Waals surface area contributed by atoms with E-state index in [1.165, 1.54) is 16.7 Å². The molecule has 2 atom stereocenters. The van der Waals surface area contributed by atoms with Crippen molar-refractivity contribution in [1.29, 1.82) is 0 Å². The lowest BCUT2D eigenvalue weighted by Gasteiger charge is -2.21. The minimum absolute atomic E-state index is 0.208. The molecule has 1 fully saturated rings. The van der Waals surface area contributed by atoms with Crippen molar-refractivity contribution in [1.82, 2.24) is 4.90 Å². The van der Waals surface area contributed by atoms with E-state index in [0.29, 0.717) is 11.6 Å². The van der Waals surface area contributed by atoms with Crippen molar-refractivity contribution in [2.45, 2.75) is 18.2 Å². The Morgan fingerprint density at radius 2 is 2.31 bits per heavy atom. The van der Waals surface area contributed by atoms with E-state index in [4.69, 9.17) is 5.11 Å². The number of carbonyl (C=O) groups is 2. The molecule has 1 rings (SSSR count). The Morgan fingerprint density at radius 1 is 1.69 bits per heavy atom. The van der Waals surface area contributed by atoms with Gasteiger partial charge in [0.15, 0.2) is 0 Å². The molecule has 0 aromatic carbocycles. The van der Waals surface area contributed by atoms with Crippen LogP contribution in [-0.4, -0.2) is 44.8 Å². The molecule has 1 aliphatic rings. The molecule has 0 aromatic heterocycles. The van der Waals surface area contributed by atoms with Gasteiger partial charge in [0.1, 0.15) is 6.04 Å². The van der Waals surface area contributed by atoms with Gasteiger partial charge in [-0.15, -0.1) is 11.8 Å². The predicted octanol–water partition coefficient (Wildman–Crippen LogP) is 0.291. The molecule has 0 unspecified atom stereocenters. The summed E-state index contributed by atoms with van der Waals surface area (Å²) in [6.45, 7) is 1.65. The predicted molar refractivity (Wildman–Crippen MR) is 54.0 cm³/mol. The largest absolute Gasteiger partial charge is 0.480 e. The zero-order valence-electron chi connectivity index (χ0n) is 7.14. The Labute approximate surface area is 86.1 Å². The van der Waals surface area contributed by atoms with Gasteiger partial charge in [-0.2, -0.15) is 12.6 Å². The van der Waals surface area contributed by atoms with Gasteiger partial charge in [-0.1, -0.05) is 0 Å². The number of amides is 1. The average Bonchev–Trinajstić information content (AvgIpc) is 2.50. The highest BCUT2D eigenvalue weighted by Crippen LogP contribution is 2.22. The molecule has 1 aliphatic heterocycles. The molecule has 1 saturated heterocycles. The van der Waals surface area contributed by atoms with E-state index in [9.17, 15) is 9.59 Å². The summed E-state index contributed by atoms with van der Waals surface area (Å²) < 4.78 is 0. The lowest BCUT2D eigenvalue weighted by Crippen LogP contribution is -2.44. The highest BCUT2D eigenvalue weighted by Gasteiger charge is 2.35. The Kier molecular flexibility index (Phi) is 3.49. The SMILES string of the molecule is C[C@@H](S)C(=O)N1CSC[C@H]1C(=O)O. The molecule has 1 N–H and O–H groups in total. The first-order chi connectivity index (χ1) is 6.04. The zero-order chi connectivity index (χ0) is 10.0. The number of thioether (sulfide) groups is 1. The quantitative estimate of drug-likeness (QED) is 0.658. The molecule has 1 amide bonds. The van der Waals surface area contributed by atoms with Crippen molar-refractivity contribution in [3.63, 3.8) is 0 Å². The van der Waals surface area contributed by atoms with Crippen LogP contribution in [0.15, 0.2) is 0 Å². The Morgan fingerprint density at radius 3 is 2.77 bits per heavy atom. The molecular formula is C7H11NO3S2. The van der Waals surface area contributed by atoms with E-state index >= 15 is 0 Å². The summed E-state index contributed by atoms with van der Waals surface area (Å²) in [5.41, 5.74) is 0. The van der Waals surface area contributed by atoms with Crippen LogP contribution >= 0.6 is 24.4 Å². The standard InChI is InChI=1S/C7H11NO3S2/c1-4(12)6(9)8-3-13-2-5(8)7(10)11/h4-5,12H,2-3H2,1H3,(H,10,11)/t4-,5+/m1/s1. The summed E-state index contributed by atoms with van der Waals surface area (Å²) in [6.07, 6.45) is 0. The van der Waals surface area contributed by atoms with Gasteiger partial charge in [-0.05, 0) is 6.92 Å². The number of rotatable bonds is 2. The van der Waals surface area contributed by atoms with Crippen LogP contribution < -0.4 is 0 Å². The lowest BCUT2D eigenvalue weighted by molar-refractivity contribution is -0.147. The van der Waals surface area contributed by atoms with Gasteiger partial charge in [-0.25, -0.2) is 4.79 Å². The first kappa shape index (κ1) is 10.7. The second-order valence-electron chi connectivity index (χ2n) is 2.84. The second-order valence-corrected chi connectivity index (χ2v) is 4.61. The fourth-order valence-corrected chi connectivity index (χ4v) is 2.41. The van der Waals surface area contributed by atoms with Gasteiger partial charge in [0, 0.05) is 5.75 Å². The topological polar surface area (TPSA) is 57.6 Å². The number of nitrogens with zero attached hydrogens (tertiary/aromatic N) is 1. The van der Waals surface area contributed by atoms with E-state index in [0.717, 1.165) is 0 Å². The maximum Gasteiger partial charge on any atom is 0.327 e. The van der Waals surface area contributed by atoms with Crippen molar-refractivity contribution < 1.29 is 14.7 Å². The van der Waals surface area contributed by atoms with Crippen LogP contribution in [0.5, 0.6) is 0 Å². The summed E-state index contributed by atoms with van der Waals surface area (Å²) in [7, 11) is 0. The van der Waals surface area contributed by atoms with Gasteiger partial charge < -0.3 is 10.0 Å². The zero-order valence-corrected chi connectivity index (χ0v) is 8.85. The van der Waals surface area contributed by atoms with Crippen LogP contribution in [0.25, 0.3) is 0 Å². The van der Waals surface area contributed by atoms with E-state index < -0.39 is 17.3 Å². The first-order valence-corrected chi connectivity index (χ1v) is 5.50. The van der Waals surface area contributed by atoms with Crippen molar-refractivity contribution in [3.05, 3.63) is 0 Å². The third kappa shape index (κ3) is 2.31. The van der Waals surface area contributed by atoms with Crippen molar-refractivity contribution in [3.8, 4) is 0 Å². The summed E-state index contributed by atoms with van der Waals surface area (Å²) >= 11 is 5.44. The molecule has 0 aliphatic carbocycles. The van der Waals surface area contributed by atoms with Crippen LogP contribution in [0.4, 0.5) is 0 Å². The molecule has 1 heterocycles. The van der Waals surface area contributed by atoms with Crippen LogP contribution in [0, 0.1) is 0 Å². The molecule has 0 aromatic rings. The van der Waals surface area contributed by atoms with Gasteiger partial charge in [0.2, 0.25) is 5.91 Å². The van der Waals surface area contributed by atoms with Gasteiger partial charge in [0.05, 0.1) is 11.1 Å². The number of aliphatic carboxylic acids is 1. The average molecular weight is 221 g/mol. The molecule has 6 heteroatoms. The number of carboxylic acid groups (broad SMARTS) is 1. The van der Waals surface area contributed by atoms with E-state index in [-0.39, 0.29) is 5.91 Å². The molecule has 0 bridgehead atoms. The van der Waals surface area contributed by atoms with Crippen molar-refractivity contribution >= 4 is 36.3 Å². The van der Waals surface area contributed by atoms with E-state index in [1.807, 2.05) is 0 Å². The van der Waals surface area contributed by atoms with E-state index in [1.54, 1.807) is 6.92 Å². The van der Waals surface area contributed by atoms with Crippen LogP contribution in [-0.2, 0) is 9.59 Å². The molecule has 4 nitrogen and oxygen atoms in total. The highest BCUT2D eigenvalue weighted by molar-refractivity contribution is 7.99. The first-order valence-electron chi connectivity index (χ1n) is 3.83. The number of carbonyl (C=O) groups excluding carboxylic acids is 1. The number of thiol groups is 1. The monoisotopic (exact) mass is 221 g/mol. The van der Waals surface area contributed by atoms with Gasteiger partial charge >= 0.3 is 5.97 Å². The fourth-order valence-electron chi connectivity index (χ4n) is 1.10. The summed E-state index contributed by atoms with van der Waals surface area (Å²) in [5, 5.41) is 8.35.